The van der Waals surface area contributed by atoms with Gasteiger partial charge in [0.2, 0.25) is 0 Å². The minimum Gasteiger partial charge on any atom is -0.257 e. The van der Waals surface area contributed by atoms with Crippen LogP contribution in [0.3, 0.4) is 0 Å². The Morgan fingerprint density at radius 1 is 1.33 bits per heavy atom. The van der Waals surface area contributed by atoms with Crippen molar-refractivity contribution in [2.24, 2.45) is 4.99 Å². The van der Waals surface area contributed by atoms with E-state index in [0.717, 1.165) is 17.7 Å². The number of halogens is 3. The molecule has 0 saturated heterocycles. The summed E-state index contributed by atoms with van der Waals surface area (Å²) < 4.78 is 36.3. The highest BCUT2D eigenvalue weighted by Crippen LogP contribution is 2.39. The molecule has 0 spiro atoms. The summed E-state index contributed by atoms with van der Waals surface area (Å²) in [5.74, 6) is 0. The van der Waals surface area contributed by atoms with Crippen LogP contribution < -0.4 is 0 Å². The molecular weight excluding hydrogens is 223 g/mol. The second kappa shape index (κ2) is 3.56. The van der Waals surface area contributed by atoms with E-state index in [1.54, 1.807) is 6.07 Å². The SMILES string of the molecule is CC1=Nc2cc(SC(F)(F)F)ccc2C1. The zero-order valence-electron chi connectivity index (χ0n) is 7.93. The highest BCUT2D eigenvalue weighted by atomic mass is 32.2. The van der Waals surface area contributed by atoms with Crippen LogP contribution in [0.15, 0.2) is 28.1 Å². The molecule has 0 aliphatic carbocycles. The van der Waals surface area contributed by atoms with Crippen molar-refractivity contribution in [1.82, 2.24) is 0 Å². The largest absolute Gasteiger partial charge is 0.446 e. The first-order chi connectivity index (χ1) is 6.94. The normalized spacial score (nSPS) is 15.1. The fourth-order valence-electron chi connectivity index (χ4n) is 1.52. The number of fused-ring (bicyclic) bond motifs is 1. The highest BCUT2D eigenvalue weighted by Gasteiger charge is 2.29. The number of hydrogen-bond acceptors (Lipinski definition) is 2. The van der Waals surface area contributed by atoms with Crippen LogP contribution in [0, 0.1) is 0 Å². The Morgan fingerprint density at radius 2 is 2.07 bits per heavy atom. The van der Waals surface area contributed by atoms with Crippen LogP contribution in [0.25, 0.3) is 0 Å². The summed E-state index contributed by atoms with van der Waals surface area (Å²) in [4.78, 5) is 4.37. The maximum absolute atomic E-state index is 12.1. The van der Waals surface area contributed by atoms with Gasteiger partial charge in [0, 0.05) is 17.0 Å². The molecular formula is C10H8F3NS. The standard InChI is InChI=1S/C10H8F3NS/c1-6-4-7-2-3-8(5-9(7)14-6)15-10(11,12)13/h2-3,5H,4H2,1H3. The van der Waals surface area contributed by atoms with Crippen molar-refractivity contribution in [1.29, 1.82) is 0 Å². The van der Waals surface area contributed by atoms with Gasteiger partial charge < -0.3 is 0 Å². The molecule has 0 amide bonds. The van der Waals surface area contributed by atoms with Gasteiger partial charge >= 0.3 is 5.51 Å². The zero-order chi connectivity index (χ0) is 11.1. The van der Waals surface area contributed by atoms with Crippen molar-refractivity contribution in [2.75, 3.05) is 0 Å². The van der Waals surface area contributed by atoms with Gasteiger partial charge in [-0.3, -0.25) is 4.99 Å². The minimum absolute atomic E-state index is 0.101. The lowest BCUT2D eigenvalue weighted by atomic mass is 10.1. The van der Waals surface area contributed by atoms with Crippen molar-refractivity contribution in [2.45, 2.75) is 23.7 Å². The predicted octanol–water partition coefficient (Wildman–Crippen LogP) is 3.95. The van der Waals surface area contributed by atoms with Crippen LogP contribution >= 0.6 is 11.8 Å². The lowest BCUT2D eigenvalue weighted by molar-refractivity contribution is -0.0328. The van der Waals surface area contributed by atoms with Crippen molar-refractivity contribution in [3.63, 3.8) is 0 Å². The van der Waals surface area contributed by atoms with Crippen molar-refractivity contribution in [3.8, 4) is 0 Å². The molecule has 1 nitrogen and oxygen atoms in total. The summed E-state index contributed by atoms with van der Waals surface area (Å²) in [7, 11) is 0. The Balaban J connectivity index is 2.26. The van der Waals surface area contributed by atoms with E-state index in [1.165, 1.54) is 12.1 Å². The van der Waals surface area contributed by atoms with Crippen LogP contribution in [0.2, 0.25) is 0 Å². The molecule has 1 heterocycles. The monoisotopic (exact) mass is 231 g/mol. The molecule has 0 bridgehead atoms. The minimum atomic E-state index is -4.23. The number of hydrogen-bond donors (Lipinski definition) is 0. The van der Waals surface area contributed by atoms with E-state index in [0.29, 0.717) is 5.69 Å². The van der Waals surface area contributed by atoms with Gasteiger partial charge in [0.1, 0.15) is 0 Å². The molecule has 1 aliphatic heterocycles. The lowest BCUT2D eigenvalue weighted by Crippen LogP contribution is -1.98. The van der Waals surface area contributed by atoms with Gasteiger partial charge in [-0.05, 0) is 36.4 Å². The average molecular weight is 231 g/mol. The zero-order valence-corrected chi connectivity index (χ0v) is 8.75. The number of rotatable bonds is 1. The molecule has 1 aromatic carbocycles. The van der Waals surface area contributed by atoms with E-state index < -0.39 is 5.51 Å². The Hall–Kier alpha value is -0.970. The first-order valence-electron chi connectivity index (χ1n) is 4.37. The molecule has 15 heavy (non-hydrogen) atoms. The van der Waals surface area contributed by atoms with Crippen LogP contribution in [0.5, 0.6) is 0 Å². The number of benzene rings is 1. The van der Waals surface area contributed by atoms with E-state index in [1.807, 2.05) is 6.92 Å². The molecule has 2 rings (SSSR count). The Kier molecular flexibility index (Phi) is 2.50. The smallest absolute Gasteiger partial charge is 0.257 e. The molecule has 0 atom stereocenters. The Morgan fingerprint density at radius 3 is 2.73 bits per heavy atom. The first-order valence-corrected chi connectivity index (χ1v) is 5.18. The molecule has 1 aliphatic rings. The lowest BCUT2D eigenvalue weighted by Gasteiger charge is -2.06. The van der Waals surface area contributed by atoms with Gasteiger partial charge in [0.25, 0.3) is 0 Å². The molecule has 0 unspecified atom stereocenters. The Bertz CT molecular complexity index is 423. The molecule has 0 saturated carbocycles. The van der Waals surface area contributed by atoms with Crippen LogP contribution in [-0.4, -0.2) is 11.2 Å². The maximum atomic E-state index is 12.1. The summed E-state index contributed by atoms with van der Waals surface area (Å²) in [6, 6.07) is 4.69. The van der Waals surface area contributed by atoms with Gasteiger partial charge in [-0.25, -0.2) is 0 Å². The molecule has 0 fully saturated rings. The second-order valence-corrected chi connectivity index (χ2v) is 4.50. The van der Waals surface area contributed by atoms with Crippen LogP contribution in [0.4, 0.5) is 18.9 Å². The van der Waals surface area contributed by atoms with E-state index in [-0.39, 0.29) is 16.7 Å². The summed E-state index contributed by atoms with van der Waals surface area (Å²) in [6.07, 6.45) is 0.742. The molecule has 5 heteroatoms. The fourth-order valence-corrected chi connectivity index (χ4v) is 2.09. The van der Waals surface area contributed by atoms with E-state index in [4.69, 9.17) is 0 Å². The third-order valence-corrected chi connectivity index (χ3v) is 2.77. The van der Waals surface area contributed by atoms with Gasteiger partial charge in [-0.15, -0.1) is 0 Å². The highest BCUT2D eigenvalue weighted by molar-refractivity contribution is 8.00. The predicted molar refractivity (Wildman–Crippen MR) is 54.8 cm³/mol. The fraction of sp³-hybridized carbons (Fsp3) is 0.300. The second-order valence-electron chi connectivity index (χ2n) is 3.36. The molecule has 80 valence electrons. The summed E-state index contributed by atoms with van der Waals surface area (Å²) >= 11 is -0.101. The van der Waals surface area contributed by atoms with Crippen molar-refractivity contribution < 1.29 is 13.2 Å². The van der Waals surface area contributed by atoms with Crippen molar-refractivity contribution >= 4 is 23.2 Å². The first kappa shape index (κ1) is 10.5. The summed E-state index contributed by atoms with van der Waals surface area (Å²) in [5, 5.41) is 0. The van der Waals surface area contributed by atoms with Crippen LogP contribution in [-0.2, 0) is 6.42 Å². The number of alkyl halides is 3. The average Bonchev–Trinajstić information content (AvgIpc) is 2.40. The maximum Gasteiger partial charge on any atom is 0.446 e. The molecule has 0 N–H and O–H groups in total. The Labute approximate surface area is 89.4 Å². The number of aliphatic imine (C=N–C) groups is 1. The van der Waals surface area contributed by atoms with Gasteiger partial charge in [0.05, 0.1) is 5.69 Å². The molecule has 0 aromatic heterocycles. The quantitative estimate of drug-likeness (QED) is 0.667. The van der Waals surface area contributed by atoms with E-state index in [2.05, 4.69) is 4.99 Å². The molecule has 0 radical (unpaired) electrons. The van der Waals surface area contributed by atoms with Crippen molar-refractivity contribution in [3.05, 3.63) is 23.8 Å². The summed E-state index contributed by atoms with van der Waals surface area (Å²) in [6.45, 7) is 1.87. The van der Waals surface area contributed by atoms with Gasteiger partial charge in [0.15, 0.2) is 0 Å². The summed E-state index contributed by atoms with van der Waals surface area (Å²) in [5.41, 5.74) is -1.62. The number of thioether (sulfide) groups is 1. The van der Waals surface area contributed by atoms with E-state index >= 15 is 0 Å². The van der Waals surface area contributed by atoms with Gasteiger partial charge in [-0.1, -0.05) is 6.07 Å². The molecule has 1 aromatic rings. The third-order valence-electron chi connectivity index (χ3n) is 2.05. The van der Waals surface area contributed by atoms with Crippen LogP contribution in [0.1, 0.15) is 12.5 Å². The van der Waals surface area contributed by atoms with Gasteiger partial charge in [-0.2, -0.15) is 13.2 Å². The third kappa shape index (κ3) is 2.53. The topological polar surface area (TPSA) is 12.4 Å². The number of nitrogens with zero attached hydrogens (tertiary/aromatic N) is 1. The van der Waals surface area contributed by atoms with E-state index in [9.17, 15) is 13.2 Å².